The maximum atomic E-state index is 11.6. The van der Waals surface area contributed by atoms with Gasteiger partial charge in [-0.2, -0.15) is 0 Å². The lowest BCUT2D eigenvalue weighted by atomic mass is 10.2. The van der Waals surface area contributed by atoms with E-state index in [1.807, 2.05) is 13.8 Å². The minimum absolute atomic E-state index is 0.130. The lowest BCUT2D eigenvalue weighted by Gasteiger charge is -2.08. The van der Waals surface area contributed by atoms with Gasteiger partial charge < -0.3 is 5.11 Å². The molecule has 96 valence electrons. The molecule has 0 bridgehead atoms. The number of carboxylic acids is 1. The van der Waals surface area contributed by atoms with Crippen LogP contribution < -0.4 is 0 Å². The summed E-state index contributed by atoms with van der Waals surface area (Å²) in [5.74, 6) is -0.161. The van der Waals surface area contributed by atoms with Gasteiger partial charge >= 0.3 is 5.97 Å². The van der Waals surface area contributed by atoms with E-state index in [0.717, 1.165) is 6.42 Å². The van der Waals surface area contributed by atoms with Crippen molar-refractivity contribution in [3.05, 3.63) is 0 Å². The number of carbonyl (C=O) groups is 1. The molecule has 1 N–H and O–H groups in total. The highest BCUT2D eigenvalue weighted by molar-refractivity contribution is 7.91. The number of aliphatic carboxylic acids is 1. The predicted octanol–water partition coefficient (Wildman–Crippen LogP) is 2.09. The Morgan fingerprint density at radius 1 is 1.25 bits per heavy atom. The maximum absolute atomic E-state index is 11.6. The van der Waals surface area contributed by atoms with Gasteiger partial charge in [-0.3, -0.25) is 4.79 Å². The Kier molecular flexibility index (Phi) is 7.38. The van der Waals surface area contributed by atoms with E-state index < -0.39 is 15.8 Å². The quantitative estimate of drug-likeness (QED) is 0.636. The summed E-state index contributed by atoms with van der Waals surface area (Å²) in [5, 5.41) is 8.41. The third-order valence-electron chi connectivity index (χ3n) is 2.58. The van der Waals surface area contributed by atoms with Crippen LogP contribution in [0.2, 0.25) is 0 Å². The molecule has 0 spiro atoms. The highest BCUT2D eigenvalue weighted by Gasteiger charge is 2.14. The second-order valence-corrected chi connectivity index (χ2v) is 6.56. The Hall–Kier alpha value is -0.580. The molecular weight excluding hydrogens is 228 g/mol. The van der Waals surface area contributed by atoms with Gasteiger partial charge in [0.15, 0.2) is 9.84 Å². The third-order valence-corrected chi connectivity index (χ3v) is 4.57. The van der Waals surface area contributed by atoms with Crippen molar-refractivity contribution in [2.75, 3.05) is 11.5 Å². The van der Waals surface area contributed by atoms with E-state index >= 15 is 0 Å². The fourth-order valence-electron chi connectivity index (χ4n) is 1.41. The van der Waals surface area contributed by atoms with Crippen LogP contribution >= 0.6 is 0 Å². The molecule has 0 fully saturated rings. The molecule has 1 atom stereocenters. The summed E-state index contributed by atoms with van der Waals surface area (Å²) >= 11 is 0. The van der Waals surface area contributed by atoms with Crippen LogP contribution in [0.5, 0.6) is 0 Å². The van der Waals surface area contributed by atoms with Crippen LogP contribution in [0.15, 0.2) is 0 Å². The van der Waals surface area contributed by atoms with Crippen molar-refractivity contribution in [2.45, 2.75) is 46.0 Å². The summed E-state index contributed by atoms with van der Waals surface area (Å²) in [6.45, 7) is 3.91. The molecule has 0 rings (SSSR count). The molecule has 0 heterocycles. The molecule has 16 heavy (non-hydrogen) atoms. The molecule has 5 heteroatoms. The Balaban J connectivity index is 3.70. The van der Waals surface area contributed by atoms with E-state index in [4.69, 9.17) is 5.11 Å². The van der Waals surface area contributed by atoms with Gasteiger partial charge in [0.2, 0.25) is 0 Å². The van der Waals surface area contributed by atoms with Crippen molar-refractivity contribution >= 4 is 15.8 Å². The van der Waals surface area contributed by atoms with Crippen LogP contribution in [0.3, 0.4) is 0 Å². The second kappa shape index (κ2) is 7.65. The van der Waals surface area contributed by atoms with Gasteiger partial charge in [-0.05, 0) is 18.8 Å². The number of rotatable bonds is 9. The minimum Gasteiger partial charge on any atom is -0.481 e. The van der Waals surface area contributed by atoms with Crippen LogP contribution in [0.25, 0.3) is 0 Å². The minimum atomic E-state index is -2.94. The third kappa shape index (κ3) is 8.71. The Morgan fingerprint density at radius 2 is 1.88 bits per heavy atom. The zero-order valence-electron chi connectivity index (χ0n) is 10.1. The van der Waals surface area contributed by atoms with Gasteiger partial charge in [0.1, 0.15) is 0 Å². The highest BCUT2D eigenvalue weighted by atomic mass is 32.2. The van der Waals surface area contributed by atoms with Gasteiger partial charge in [0.25, 0.3) is 0 Å². The topological polar surface area (TPSA) is 71.4 Å². The Morgan fingerprint density at radius 3 is 2.38 bits per heavy atom. The number of unbranched alkanes of at least 4 members (excludes halogenated alkanes) is 2. The molecule has 4 nitrogen and oxygen atoms in total. The molecule has 0 aromatic carbocycles. The summed E-state index contributed by atoms with van der Waals surface area (Å²) < 4.78 is 23.2. The maximum Gasteiger partial charge on any atom is 0.303 e. The lowest BCUT2D eigenvalue weighted by Crippen LogP contribution is -2.16. The van der Waals surface area contributed by atoms with E-state index in [0.29, 0.717) is 19.3 Å². The van der Waals surface area contributed by atoms with Gasteiger partial charge in [-0.1, -0.05) is 26.7 Å². The molecule has 0 amide bonds. The van der Waals surface area contributed by atoms with Crippen molar-refractivity contribution in [1.29, 1.82) is 0 Å². The number of carboxylic acid groups (broad SMARTS) is 1. The molecular formula is C11H22O4S. The normalized spacial score (nSPS) is 13.6. The number of sulfone groups is 1. The molecule has 0 aliphatic carbocycles. The first-order valence-electron chi connectivity index (χ1n) is 5.79. The first-order chi connectivity index (χ1) is 7.37. The van der Waals surface area contributed by atoms with Crippen molar-refractivity contribution in [3.63, 3.8) is 0 Å². The fourth-order valence-corrected chi connectivity index (χ4v) is 3.32. The monoisotopic (exact) mass is 250 g/mol. The summed E-state index contributed by atoms with van der Waals surface area (Å²) in [6.07, 6.45) is 2.82. The zero-order chi connectivity index (χ0) is 12.6. The van der Waals surface area contributed by atoms with Gasteiger partial charge in [-0.15, -0.1) is 0 Å². The van der Waals surface area contributed by atoms with Crippen molar-refractivity contribution < 1.29 is 18.3 Å². The number of hydrogen-bond donors (Lipinski definition) is 1. The standard InChI is InChI=1S/C11H22O4S/c1-3-10(2)9-16(14,15)8-6-4-5-7-11(12)13/h10H,3-9H2,1-2H3,(H,12,13). The van der Waals surface area contributed by atoms with Gasteiger partial charge in [-0.25, -0.2) is 8.42 Å². The largest absolute Gasteiger partial charge is 0.481 e. The van der Waals surface area contributed by atoms with Crippen molar-refractivity contribution in [3.8, 4) is 0 Å². The van der Waals surface area contributed by atoms with Crippen LogP contribution in [0, 0.1) is 5.92 Å². The molecule has 0 aliphatic heterocycles. The first kappa shape index (κ1) is 15.4. The average Bonchev–Trinajstić information content (AvgIpc) is 2.15. The van der Waals surface area contributed by atoms with Gasteiger partial charge in [0.05, 0.1) is 11.5 Å². The van der Waals surface area contributed by atoms with Crippen LogP contribution in [-0.4, -0.2) is 31.0 Å². The zero-order valence-corrected chi connectivity index (χ0v) is 10.9. The van der Waals surface area contributed by atoms with E-state index in [1.54, 1.807) is 0 Å². The SMILES string of the molecule is CCC(C)CS(=O)(=O)CCCCCC(=O)O. The van der Waals surface area contributed by atoms with Gasteiger partial charge in [0, 0.05) is 6.42 Å². The van der Waals surface area contributed by atoms with E-state index in [2.05, 4.69) is 0 Å². The smallest absolute Gasteiger partial charge is 0.303 e. The summed E-state index contributed by atoms with van der Waals surface area (Å²) in [5.41, 5.74) is 0. The first-order valence-corrected chi connectivity index (χ1v) is 7.61. The highest BCUT2D eigenvalue weighted by Crippen LogP contribution is 2.09. The molecule has 0 aromatic rings. The van der Waals surface area contributed by atoms with Crippen LogP contribution in [0.1, 0.15) is 46.0 Å². The molecule has 0 radical (unpaired) electrons. The second-order valence-electron chi connectivity index (χ2n) is 4.33. The Labute approximate surface area is 98.0 Å². The summed E-state index contributed by atoms with van der Waals surface area (Å²) in [7, 11) is -2.94. The molecule has 0 aromatic heterocycles. The fraction of sp³-hybridized carbons (Fsp3) is 0.909. The molecule has 0 saturated heterocycles. The van der Waals surface area contributed by atoms with Crippen LogP contribution in [-0.2, 0) is 14.6 Å². The van der Waals surface area contributed by atoms with Crippen molar-refractivity contribution in [2.24, 2.45) is 5.92 Å². The molecule has 1 unspecified atom stereocenters. The summed E-state index contributed by atoms with van der Waals surface area (Å²) in [4.78, 5) is 10.2. The Bertz CT molecular complexity index is 295. The lowest BCUT2D eigenvalue weighted by molar-refractivity contribution is -0.137. The summed E-state index contributed by atoms with van der Waals surface area (Å²) in [6, 6.07) is 0. The predicted molar refractivity (Wildman–Crippen MR) is 64.2 cm³/mol. The van der Waals surface area contributed by atoms with E-state index in [1.165, 1.54) is 0 Å². The average molecular weight is 250 g/mol. The van der Waals surface area contributed by atoms with Crippen molar-refractivity contribution in [1.82, 2.24) is 0 Å². The molecule has 0 saturated carbocycles. The number of hydrogen-bond acceptors (Lipinski definition) is 3. The van der Waals surface area contributed by atoms with E-state index in [9.17, 15) is 13.2 Å². The molecule has 0 aliphatic rings. The van der Waals surface area contributed by atoms with Crippen LogP contribution in [0.4, 0.5) is 0 Å². The van der Waals surface area contributed by atoms with E-state index in [-0.39, 0.29) is 23.8 Å².